The normalized spacial score (nSPS) is 27.3. The van der Waals surface area contributed by atoms with E-state index in [-0.39, 0.29) is 11.9 Å². The quantitative estimate of drug-likeness (QED) is 0.674. The lowest BCUT2D eigenvalue weighted by atomic mass is 10.1. The number of nitrogens with one attached hydrogen (secondary N) is 2. The Hall–Kier alpha value is -0.830. The summed E-state index contributed by atoms with van der Waals surface area (Å²) in [6.07, 6.45) is 5.36. The Kier molecular flexibility index (Phi) is 4.82. The average Bonchev–Trinajstić information content (AvgIpc) is 2.60. The van der Waals surface area contributed by atoms with E-state index in [0.717, 1.165) is 5.92 Å². The molecular formula is C12H22N2O. The monoisotopic (exact) mass is 210 g/mol. The third-order valence-corrected chi connectivity index (χ3v) is 2.99. The number of carbonyl (C=O) groups is 1. The minimum absolute atomic E-state index is 0.0643. The van der Waals surface area contributed by atoms with Crippen LogP contribution in [0.25, 0.3) is 0 Å². The molecular weight excluding hydrogens is 188 g/mol. The SMILES string of the molecule is C=CCNC(=O)C(C)NC1CCC(C)C1. The summed E-state index contributed by atoms with van der Waals surface area (Å²) in [5.74, 6) is 0.861. The molecule has 0 saturated heterocycles. The first-order valence-corrected chi connectivity index (χ1v) is 5.78. The molecule has 2 N–H and O–H groups in total. The first-order chi connectivity index (χ1) is 7.13. The second-order valence-electron chi connectivity index (χ2n) is 4.54. The van der Waals surface area contributed by atoms with Gasteiger partial charge in [-0.1, -0.05) is 13.0 Å². The molecule has 0 aromatic rings. The molecule has 1 amide bonds. The molecule has 3 nitrogen and oxygen atoms in total. The van der Waals surface area contributed by atoms with E-state index in [1.165, 1.54) is 19.3 Å². The van der Waals surface area contributed by atoms with Crippen molar-refractivity contribution in [2.24, 2.45) is 5.92 Å². The van der Waals surface area contributed by atoms with Crippen LogP contribution in [-0.2, 0) is 4.79 Å². The Morgan fingerprint density at radius 1 is 1.60 bits per heavy atom. The summed E-state index contributed by atoms with van der Waals surface area (Å²) in [6, 6.07) is 0.421. The lowest BCUT2D eigenvalue weighted by Gasteiger charge is -2.18. The van der Waals surface area contributed by atoms with Crippen LogP contribution in [-0.4, -0.2) is 24.5 Å². The highest BCUT2D eigenvalue weighted by Crippen LogP contribution is 2.24. The van der Waals surface area contributed by atoms with E-state index < -0.39 is 0 Å². The Bertz CT molecular complexity index is 228. The molecule has 1 aliphatic rings. The lowest BCUT2D eigenvalue weighted by Crippen LogP contribution is -2.45. The zero-order chi connectivity index (χ0) is 11.3. The van der Waals surface area contributed by atoms with Crippen molar-refractivity contribution in [3.63, 3.8) is 0 Å². The van der Waals surface area contributed by atoms with Crippen molar-refractivity contribution in [3.8, 4) is 0 Å². The molecule has 1 aliphatic carbocycles. The summed E-state index contributed by atoms with van der Waals surface area (Å²) in [5.41, 5.74) is 0. The maximum absolute atomic E-state index is 11.5. The summed E-state index contributed by atoms with van der Waals surface area (Å²) in [5, 5.41) is 6.17. The van der Waals surface area contributed by atoms with E-state index in [0.29, 0.717) is 12.6 Å². The van der Waals surface area contributed by atoms with Gasteiger partial charge in [-0.2, -0.15) is 0 Å². The summed E-state index contributed by atoms with van der Waals surface area (Å²) in [6.45, 7) is 8.30. The Morgan fingerprint density at radius 3 is 2.87 bits per heavy atom. The van der Waals surface area contributed by atoms with Crippen molar-refractivity contribution in [1.29, 1.82) is 0 Å². The van der Waals surface area contributed by atoms with Crippen molar-refractivity contribution in [2.45, 2.75) is 45.2 Å². The van der Waals surface area contributed by atoms with Gasteiger partial charge >= 0.3 is 0 Å². The summed E-state index contributed by atoms with van der Waals surface area (Å²) < 4.78 is 0. The first kappa shape index (κ1) is 12.2. The van der Waals surface area contributed by atoms with E-state index >= 15 is 0 Å². The van der Waals surface area contributed by atoms with Crippen molar-refractivity contribution in [3.05, 3.63) is 12.7 Å². The molecule has 0 spiro atoms. The van der Waals surface area contributed by atoms with Crippen LogP contribution in [0.4, 0.5) is 0 Å². The van der Waals surface area contributed by atoms with Crippen LogP contribution < -0.4 is 10.6 Å². The van der Waals surface area contributed by atoms with Gasteiger partial charge in [-0.3, -0.25) is 4.79 Å². The average molecular weight is 210 g/mol. The molecule has 1 rings (SSSR count). The van der Waals surface area contributed by atoms with Gasteiger partial charge in [0.15, 0.2) is 0 Å². The highest BCUT2D eigenvalue weighted by molar-refractivity contribution is 5.81. The van der Waals surface area contributed by atoms with Crippen molar-refractivity contribution in [1.82, 2.24) is 10.6 Å². The molecule has 86 valence electrons. The number of hydrogen-bond donors (Lipinski definition) is 2. The Balaban J connectivity index is 2.25. The third kappa shape index (κ3) is 4.04. The van der Waals surface area contributed by atoms with Gasteiger partial charge in [-0.15, -0.1) is 6.58 Å². The number of rotatable bonds is 5. The molecule has 0 bridgehead atoms. The zero-order valence-corrected chi connectivity index (χ0v) is 9.75. The highest BCUT2D eigenvalue weighted by Gasteiger charge is 2.24. The van der Waals surface area contributed by atoms with Crippen LogP contribution in [0.5, 0.6) is 0 Å². The summed E-state index contributed by atoms with van der Waals surface area (Å²) in [4.78, 5) is 11.5. The molecule has 1 saturated carbocycles. The van der Waals surface area contributed by atoms with Crippen molar-refractivity contribution >= 4 is 5.91 Å². The van der Waals surface area contributed by atoms with E-state index in [1.54, 1.807) is 6.08 Å². The van der Waals surface area contributed by atoms with Gasteiger partial charge in [0.1, 0.15) is 0 Å². The number of hydrogen-bond acceptors (Lipinski definition) is 2. The number of amides is 1. The van der Waals surface area contributed by atoms with Crippen LogP contribution in [0.15, 0.2) is 12.7 Å². The molecule has 15 heavy (non-hydrogen) atoms. The van der Waals surface area contributed by atoms with Gasteiger partial charge in [0.25, 0.3) is 0 Å². The van der Waals surface area contributed by atoms with Gasteiger partial charge in [0.2, 0.25) is 5.91 Å². The van der Waals surface area contributed by atoms with Crippen LogP contribution >= 0.6 is 0 Å². The topological polar surface area (TPSA) is 41.1 Å². The van der Waals surface area contributed by atoms with Crippen LogP contribution in [0, 0.1) is 5.92 Å². The number of carbonyl (C=O) groups excluding carboxylic acids is 1. The van der Waals surface area contributed by atoms with E-state index in [2.05, 4.69) is 24.1 Å². The minimum Gasteiger partial charge on any atom is -0.351 e. The predicted molar refractivity (Wildman–Crippen MR) is 62.6 cm³/mol. The van der Waals surface area contributed by atoms with Gasteiger partial charge in [0, 0.05) is 12.6 Å². The van der Waals surface area contributed by atoms with E-state index in [1.807, 2.05) is 6.92 Å². The van der Waals surface area contributed by atoms with Gasteiger partial charge < -0.3 is 10.6 Å². The second kappa shape index (κ2) is 5.91. The van der Waals surface area contributed by atoms with E-state index in [4.69, 9.17) is 0 Å². The Labute approximate surface area is 92.3 Å². The molecule has 1 fully saturated rings. The van der Waals surface area contributed by atoms with Gasteiger partial charge in [-0.25, -0.2) is 0 Å². The fraction of sp³-hybridized carbons (Fsp3) is 0.750. The maximum Gasteiger partial charge on any atom is 0.237 e. The molecule has 0 aliphatic heterocycles. The zero-order valence-electron chi connectivity index (χ0n) is 9.75. The minimum atomic E-state index is -0.0970. The van der Waals surface area contributed by atoms with Crippen LogP contribution in [0.2, 0.25) is 0 Å². The van der Waals surface area contributed by atoms with Crippen LogP contribution in [0.3, 0.4) is 0 Å². The fourth-order valence-corrected chi connectivity index (χ4v) is 2.11. The van der Waals surface area contributed by atoms with Crippen molar-refractivity contribution < 1.29 is 4.79 Å². The smallest absolute Gasteiger partial charge is 0.237 e. The largest absolute Gasteiger partial charge is 0.351 e. The molecule has 3 atom stereocenters. The standard InChI is InChI=1S/C12H22N2O/c1-4-7-13-12(15)10(3)14-11-6-5-9(2)8-11/h4,9-11,14H,1,5-8H2,2-3H3,(H,13,15). The predicted octanol–water partition coefficient (Wildman–Crippen LogP) is 1.46. The summed E-state index contributed by atoms with van der Waals surface area (Å²) >= 11 is 0. The van der Waals surface area contributed by atoms with E-state index in [9.17, 15) is 4.79 Å². The molecule has 0 aromatic heterocycles. The van der Waals surface area contributed by atoms with Gasteiger partial charge in [-0.05, 0) is 32.1 Å². The van der Waals surface area contributed by atoms with Crippen molar-refractivity contribution in [2.75, 3.05) is 6.54 Å². The molecule has 0 heterocycles. The lowest BCUT2D eigenvalue weighted by molar-refractivity contribution is -0.122. The molecule has 3 unspecified atom stereocenters. The molecule has 0 radical (unpaired) electrons. The highest BCUT2D eigenvalue weighted by atomic mass is 16.2. The third-order valence-electron chi connectivity index (χ3n) is 2.99. The molecule has 0 aromatic carbocycles. The van der Waals surface area contributed by atoms with Gasteiger partial charge in [0.05, 0.1) is 6.04 Å². The van der Waals surface area contributed by atoms with Crippen LogP contribution in [0.1, 0.15) is 33.1 Å². The summed E-state index contributed by atoms with van der Waals surface area (Å²) in [7, 11) is 0. The second-order valence-corrected chi connectivity index (χ2v) is 4.54. The maximum atomic E-state index is 11.5. The Morgan fingerprint density at radius 2 is 2.33 bits per heavy atom. The molecule has 3 heteroatoms. The first-order valence-electron chi connectivity index (χ1n) is 5.78. The fourth-order valence-electron chi connectivity index (χ4n) is 2.11.